The molecule has 1 unspecified atom stereocenters. The van der Waals surface area contributed by atoms with Gasteiger partial charge in [-0.2, -0.15) is 0 Å². The van der Waals surface area contributed by atoms with Gasteiger partial charge in [-0.3, -0.25) is 0 Å². The van der Waals surface area contributed by atoms with Crippen molar-refractivity contribution in [2.75, 3.05) is 7.05 Å². The van der Waals surface area contributed by atoms with Gasteiger partial charge in [0.15, 0.2) is 0 Å². The van der Waals surface area contributed by atoms with Crippen LogP contribution in [0.2, 0.25) is 0 Å². The highest BCUT2D eigenvalue weighted by molar-refractivity contribution is 7.07. The van der Waals surface area contributed by atoms with Gasteiger partial charge in [0.25, 0.3) is 0 Å². The van der Waals surface area contributed by atoms with Crippen LogP contribution < -0.4 is 5.32 Å². The number of hydrogen-bond donors (Lipinski definition) is 1. The van der Waals surface area contributed by atoms with Crippen LogP contribution in [0, 0.1) is 5.92 Å². The highest BCUT2D eigenvalue weighted by Crippen LogP contribution is 2.20. The van der Waals surface area contributed by atoms with E-state index in [1.165, 1.54) is 5.69 Å². The summed E-state index contributed by atoms with van der Waals surface area (Å²) in [6.45, 7) is 4.47. The molecule has 0 aliphatic carbocycles. The van der Waals surface area contributed by atoms with Gasteiger partial charge in [-0.15, -0.1) is 11.3 Å². The van der Waals surface area contributed by atoms with E-state index in [1.807, 2.05) is 12.6 Å². The molecule has 1 aromatic rings. The van der Waals surface area contributed by atoms with Crippen LogP contribution in [0.1, 0.15) is 32.0 Å². The molecule has 0 spiro atoms. The first-order valence-corrected chi connectivity index (χ1v) is 5.23. The topological polar surface area (TPSA) is 24.9 Å². The van der Waals surface area contributed by atoms with Gasteiger partial charge in [0.05, 0.1) is 17.2 Å². The highest BCUT2D eigenvalue weighted by atomic mass is 32.1. The molecule has 1 rings (SSSR count). The molecular weight excluding hydrogens is 168 g/mol. The first-order chi connectivity index (χ1) is 5.74. The fraction of sp³-hybridized carbons (Fsp3) is 0.667. The van der Waals surface area contributed by atoms with Crippen molar-refractivity contribution in [1.82, 2.24) is 10.3 Å². The third-order valence-corrected chi connectivity index (χ3v) is 2.47. The Kier molecular flexibility index (Phi) is 3.69. The summed E-state index contributed by atoms with van der Waals surface area (Å²) in [4.78, 5) is 4.30. The van der Waals surface area contributed by atoms with Gasteiger partial charge in [-0.1, -0.05) is 13.8 Å². The van der Waals surface area contributed by atoms with Gasteiger partial charge in [0, 0.05) is 5.38 Å². The summed E-state index contributed by atoms with van der Waals surface area (Å²) in [5, 5.41) is 5.39. The van der Waals surface area contributed by atoms with Crippen molar-refractivity contribution in [3.05, 3.63) is 16.6 Å². The molecule has 0 fully saturated rings. The minimum Gasteiger partial charge on any atom is -0.312 e. The molecule has 0 saturated carbocycles. The van der Waals surface area contributed by atoms with E-state index < -0.39 is 0 Å². The molecule has 1 atom stereocenters. The summed E-state index contributed by atoms with van der Waals surface area (Å²) in [5.74, 6) is 0.712. The molecule has 0 saturated heterocycles. The fourth-order valence-electron chi connectivity index (χ4n) is 1.25. The summed E-state index contributed by atoms with van der Waals surface area (Å²) >= 11 is 1.66. The molecule has 3 heteroatoms. The van der Waals surface area contributed by atoms with Crippen LogP contribution in [0.3, 0.4) is 0 Å². The number of aromatic nitrogens is 1. The molecule has 12 heavy (non-hydrogen) atoms. The van der Waals surface area contributed by atoms with E-state index in [1.54, 1.807) is 11.3 Å². The quantitative estimate of drug-likeness (QED) is 0.777. The van der Waals surface area contributed by atoms with Gasteiger partial charge in [-0.25, -0.2) is 4.98 Å². The van der Waals surface area contributed by atoms with Crippen molar-refractivity contribution in [2.24, 2.45) is 5.92 Å². The van der Waals surface area contributed by atoms with Crippen LogP contribution in [0.15, 0.2) is 10.9 Å². The molecule has 0 radical (unpaired) electrons. The summed E-state index contributed by atoms with van der Waals surface area (Å²) in [7, 11) is 1.99. The average Bonchev–Trinajstić information content (AvgIpc) is 2.51. The van der Waals surface area contributed by atoms with Gasteiger partial charge in [-0.05, 0) is 19.4 Å². The van der Waals surface area contributed by atoms with E-state index >= 15 is 0 Å². The van der Waals surface area contributed by atoms with Crippen LogP contribution in [0.5, 0.6) is 0 Å². The average molecular weight is 184 g/mol. The molecular formula is C9H16N2S. The Balaban J connectivity index is 2.57. The van der Waals surface area contributed by atoms with Crippen LogP contribution in [0.4, 0.5) is 0 Å². The lowest BCUT2D eigenvalue weighted by atomic mass is 10.0. The molecule has 2 nitrogen and oxygen atoms in total. The van der Waals surface area contributed by atoms with Gasteiger partial charge < -0.3 is 5.32 Å². The smallest absolute Gasteiger partial charge is 0.0795 e. The van der Waals surface area contributed by atoms with E-state index in [2.05, 4.69) is 29.5 Å². The van der Waals surface area contributed by atoms with Crippen molar-refractivity contribution in [3.8, 4) is 0 Å². The van der Waals surface area contributed by atoms with E-state index in [-0.39, 0.29) is 0 Å². The SMILES string of the molecule is CNC(CC(C)C)c1cscn1. The van der Waals surface area contributed by atoms with Crippen molar-refractivity contribution in [3.63, 3.8) is 0 Å². The lowest BCUT2D eigenvalue weighted by Crippen LogP contribution is -2.18. The predicted molar refractivity (Wildman–Crippen MR) is 53.4 cm³/mol. The molecule has 1 heterocycles. The normalized spacial score (nSPS) is 13.7. The van der Waals surface area contributed by atoms with Crippen molar-refractivity contribution >= 4 is 11.3 Å². The lowest BCUT2D eigenvalue weighted by Gasteiger charge is -2.15. The third kappa shape index (κ3) is 2.57. The maximum absolute atomic E-state index is 4.30. The molecule has 0 amide bonds. The van der Waals surface area contributed by atoms with Gasteiger partial charge >= 0.3 is 0 Å². The first kappa shape index (κ1) is 9.68. The van der Waals surface area contributed by atoms with Crippen molar-refractivity contribution < 1.29 is 0 Å². The molecule has 68 valence electrons. The van der Waals surface area contributed by atoms with E-state index in [9.17, 15) is 0 Å². The number of hydrogen-bond acceptors (Lipinski definition) is 3. The van der Waals surface area contributed by atoms with Crippen LogP contribution >= 0.6 is 11.3 Å². The lowest BCUT2D eigenvalue weighted by molar-refractivity contribution is 0.450. The Labute approximate surface area is 78.0 Å². The summed E-state index contributed by atoms with van der Waals surface area (Å²) in [6.07, 6.45) is 1.15. The van der Waals surface area contributed by atoms with Crippen molar-refractivity contribution in [1.29, 1.82) is 0 Å². The zero-order valence-corrected chi connectivity index (χ0v) is 8.69. The number of nitrogens with one attached hydrogen (secondary N) is 1. The Bertz CT molecular complexity index is 206. The zero-order chi connectivity index (χ0) is 8.97. The Hall–Kier alpha value is -0.410. The van der Waals surface area contributed by atoms with Crippen LogP contribution in [-0.4, -0.2) is 12.0 Å². The summed E-state index contributed by atoms with van der Waals surface area (Å²) < 4.78 is 0. The van der Waals surface area contributed by atoms with E-state index in [4.69, 9.17) is 0 Å². The predicted octanol–water partition coefficient (Wildman–Crippen LogP) is 2.45. The first-order valence-electron chi connectivity index (χ1n) is 4.29. The largest absolute Gasteiger partial charge is 0.312 e. The molecule has 0 aliphatic heterocycles. The Morgan fingerprint density at radius 3 is 2.75 bits per heavy atom. The zero-order valence-electron chi connectivity index (χ0n) is 7.87. The van der Waals surface area contributed by atoms with E-state index in [0.717, 1.165) is 6.42 Å². The van der Waals surface area contributed by atoms with Gasteiger partial charge in [0.2, 0.25) is 0 Å². The molecule has 0 aliphatic rings. The maximum atomic E-state index is 4.30. The Morgan fingerprint density at radius 2 is 2.33 bits per heavy atom. The van der Waals surface area contributed by atoms with Crippen LogP contribution in [-0.2, 0) is 0 Å². The minimum atomic E-state index is 0.427. The molecule has 0 aromatic carbocycles. The number of nitrogens with zero attached hydrogens (tertiary/aromatic N) is 1. The highest BCUT2D eigenvalue weighted by Gasteiger charge is 2.12. The second-order valence-electron chi connectivity index (χ2n) is 3.38. The van der Waals surface area contributed by atoms with E-state index in [0.29, 0.717) is 12.0 Å². The summed E-state index contributed by atoms with van der Waals surface area (Å²) in [5.41, 5.74) is 3.07. The van der Waals surface area contributed by atoms with Crippen molar-refractivity contribution in [2.45, 2.75) is 26.3 Å². The summed E-state index contributed by atoms with van der Waals surface area (Å²) in [6, 6.07) is 0.427. The second-order valence-corrected chi connectivity index (χ2v) is 4.10. The second kappa shape index (κ2) is 4.58. The monoisotopic (exact) mass is 184 g/mol. The minimum absolute atomic E-state index is 0.427. The molecule has 0 bridgehead atoms. The van der Waals surface area contributed by atoms with Gasteiger partial charge in [0.1, 0.15) is 0 Å². The fourth-order valence-corrected chi connectivity index (χ4v) is 1.86. The standard InChI is InChI=1S/C9H16N2S/c1-7(2)4-8(10-3)9-5-12-6-11-9/h5-8,10H,4H2,1-3H3. The third-order valence-electron chi connectivity index (χ3n) is 1.86. The Morgan fingerprint density at radius 1 is 1.58 bits per heavy atom. The molecule has 1 aromatic heterocycles. The van der Waals surface area contributed by atoms with Crippen LogP contribution in [0.25, 0.3) is 0 Å². The maximum Gasteiger partial charge on any atom is 0.0795 e. The number of thiazole rings is 1. The number of rotatable bonds is 4. The molecule has 1 N–H and O–H groups in total.